The number of ether oxygens (including phenoxy) is 1. The Morgan fingerprint density at radius 2 is 2.06 bits per heavy atom. The number of aromatic nitrogens is 2. The van der Waals surface area contributed by atoms with Crippen LogP contribution in [0.2, 0.25) is 0 Å². The molecule has 4 nitrogen and oxygen atoms in total. The van der Waals surface area contributed by atoms with Crippen molar-refractivity contribution in [3.8, 4) is 0 Å². The van der Waals surface area contributed by atoms with E-state index in [1.807, 2.05) is 18.2 Å². The van der Waals surface area contributed by atoms with Crippen molar-refractivity contribution < 1.29 is 4.74 Å². The Kier molecular flexibility index (Phi) is 3.99. The lowest BCUT2D eigenvalue weighted by Gasteiger charge is -2.16. The molecule has 0 bridgehead atoms. The van der Waals surface area contributed by atoms with Gasteiger partial charge in [-0.1, -0.05) is 12.1 Å². The molecule has 2 unspecified atom stereocenters. The fourth-order valence-electron chi connectivity index (χ4n) is 2.07. The van der Waals surface area contributed by atoms with Gasteiger partial charge in [0.2, 0.25) is 0 Å². The van der Waals surface area contributed by atoms with Crippen LogP contribution < -0.4 is 5.32 Å². The number of fused-ring (bicyclic) bond motifs is 1. The lowest BCUT2D eigenvalue weighted by atomic mass is 10.3. The fraction of sp³-hybridized carbons (Fsp3) is 0.500. The third-order valence-corrected chi connectivity index (χ3v) is 3.32. The third kappa shape index (κ3) is 2.54. The van der Waals surface area contributed by atoms with Crippen LogP contribution in [0.4, 0.5) is 0 Å². The fourth-order valence-corrected chi connectivity index (χ4v) is 2.07. The number of aryl methyl sites for hydroxylation is 1. The molecule has 0 aliphatic heterocycles. The van der Waals surface area contributed by atoms with Crippen LogP contribution in [0.3, 0.4) is 0 Å². The van der Waals surface area contributed by atoms with Crippen LogP contribution in [0.15, 0.2) is 24.3 Å². The summed E-state index contributed by atoms with van der Waals surface area (Å²) in [4.78, 5) is 4.68. The first-order chi connectivity index (χ1) is 8.63. The summed E-state index contributed by atoms with van der Waals surface area (Å²) in [5.41, 5.74) is 2.21. The number of nitrogens with one attached hydrogen (secondary N) is 1. The van der Waals surface area contributed by atoms with E-state index in [1.54, 1.807) is 7.11 Å². The average Bonchev–Trinajstić information content (AvgIpc) is 2.73. The maximum atomic E-state index is 5.24. The maximum Gasteiger partial charge on any atom is 0.126 e. The zero-order valence-corrected chi connectivity index (χ0v) is 11.5. The van der Waals surface area contributed by atoms with E-state index in [0.717, 1.165) is 17.9 Å². The summed E-state index contributed by atoms with van der Waals surface area (Å²) < 4.78 is 7.38. The first kappa shape index (κ1) is 13.1. The second-order valence-electron chi connectivity index (χ2n) is 4.69. The minimum Gasteiger partial charge on any atom is -0.380 e. The second kappa shape index (κ2) is 5.50. The van der Waals surface area contributed by atoms with Crippen molar-refractivity contribution in [1.82, 2.24) is 14.9 Å². The van der Waals surface area contributed by atoms with Crippen molar-refractivity contribution in [3.05, 3.63) is 30.1 Å². The van der Waals surface area contributed by atoms with Crippen LogP contribution in [0, 0.1) is 0 Å². The number of benzene rings is 1. The van der Waals surface area contributed by atoms with Gasteiger partial charge in [-0.05, 0) is 26.0 Å². The van der Waals surface area contributed by atoms with Crippen LogP contribution in [-0.4, -0.2) is 29.3 Å². The molecule has 98 valence electrons. The molecular formula is C14H21N3O. The number of methoxy groups -OCH3 is 1. The van der Waals surface area contributed by atoms with E-state index in [9.17, 15) is 0 Å². The van der Waals surface area contributed by atoms with Gasteiger partial charge < -0.3 is 14.6 Å². The van der Waals surface area contributed by atoms with Crippen LogP contribution in [-0.2, 0) is 11.8 Å². The van der Waals surface area contributed by atoms with Gasteiger partial charge in [-0.15, -0.1) is 0 Å². The molecule has 1 N–H and O–H groups in total. The number of hydrogen-bond donors (Lipinski definition) is 1. The number of rotatable bonds is 5. The minimum atomic E-state index is 0.208. The van der Waals surface area contributed by atoms with E-state index >= 15 is 0 Å². The summed E-state index contributed by atoms with van der Waals surface area (Å²) in [5.74, 6) is 1.06. The van der Waals surface area contributed by atoms with Gasteiger partial charge in [-0.2, -0.15) is 0 Å². The molecule has 1 aromatic carbocycles. The van der Waals surface area contributed by atoms with Crippen molar-refractivity contribution in [2.24, 2.45) is 7.05 Å². The van der Waals surface area contributed by atoms with Crippen molar-refractivity contribution in [2.75, 3.05) is 13.7 Å². The van der Waals surface area contributed by atoms with E-state index in [-0.39, 0.29) is 12.1 Å². The highest BCUT2D eigenvalue weighted by molar-refractivity contribution is 5.75. The topological polar surface area (TPSA) is 39.1 Å². The molecule has 1 aromatic heterocycles. The quantitative estimate of drug-likeness (QED) is 0.881. The smallest absolute Gasteiger partial charge is 0.126 e. The molecule has 2 atom stereocenters. The Bertz CT molecular complexity index is 521. The normalized spacial score (nSPS) is 14.9. The van der Waals surface area contributed by atoms with Crippen LogP contribution in [0.1, 0.15) is 25.7 Å². The van der Waals surface area contributed by atoms with Crippen molar-refractivity contribution >= 4 is 11.0 Å². The van der Waals surface area contributed by atoms with Gasteiger partial charge in [0.1, 0.15) is 5.82 Å². The van der Waals surface area contributed by atoms with Gasteiger partial charge >= 0.3 is 0 Å². The Morgan fingerprint density at radius 1 is 1.33 bits per heavy atom. The van der Waals surface area contributed by atoms with Gasteiger partial charge in [-0.3, -0.25) is 0 Å². The van der Waals surface area contributed by atoms with Crippen molar-refractivity contribution in [1.29, 1.82) is 0 Å². The molecule has 0 spiro atoms. The van der Waals surface area contributed by atoms with Gasteiger partial charge in [0.05, 0.1) is 23.2 Å². The second-order valence-corrected chi connectivity index (χ2v) is 4.69. The molecular weight excluding hydrogens is 226 g/mol. The van der Waals surface area contributed by atoms with E-state index < -0.39 is 0 Å². The van der Waals surface area contributed by atoms with Crippen LogP contribution in [0.5, 0.6) is 0 Å². The predicted molar refractivity (Wildman–Crippen MR) is 73.6 cm³/mol. The zero-order chi connectivity index (χ0) is 13.1. The monoisotopic (exact) mass is 247 g/mol. The van der Waals surface area contributed by atoms with Crippen LogP contribution in [0.25, 0.3) is 11.0 Å². The van der Waals surface area contributed by atoms with E-state index in [4.69, 9.17) is 4.74 Å². The summed E-state index contributed by atoms with van der Waals surface area (Å²) in [5, 5.41) is 3.44. The molecule has 4 heteroatoms. The Morgan fingerprint density at radius 3 is 2.72 bits per heavy atom. The molecule has 2 aromatic rings. The summed E-state index contributed by atoms with van der Waals surface area (Å²) in [6, 6.07) is 8.41. The minimum absolute atomic E-state index is 0.208. The molecule has 0 aliphatic carbocycles. The summed E-state index contributed by atoms with van der Waals surface area (Å²) in [6.45, 7) is 5.00. The Balaban J connectivity index is 2.17. The number of imidazole rings is 1. The lowest BCUT2D eigenvalue weighted by Crippen LogP contribution is -2.29. The van der Waals surface area contributed by atoms with Crippen molar-refractivity contribution in [2.45, 2.75) is 26.0 Å². The number of nitrogens with zero attached hydrogens (tertiary/aromatic N) is 2. The molecule has 0 saturated carbocycles. The highest BCUT2D eigenvalue weighted by atomic mass is 16.5. The van der Waals surface area contributed by atoms with Gasteiger partial charge in [0, 0.05) is 20.7 Å². The van der Waals surface area contributed by atoms with E-state index in [0.29, 0.717) is 0 Å². The summed E-state index contributed by atoms with van der Waals surface area (Å²) >= 11 is 0. The first-order valence-corrected chi connectivity index (χ1v) is 6.31. The van der Waals surface area contributed by atoms with Crippen LogP contribution >= 0.6 is 0 Å². The molecule has 0 amide bonds. The maximum absolute atomic E-state index is 5.24. The molecule has 0 saturated heterocycles. The third-order valence-electron chi connectivity index (χ3n) is 3.32. The highest BCUT2D eigenvalue weighted by Gasteiger charge is 2.14. The average molecular weight is 247 g/mol. The van der Waals surface area contributed by atoms with Gasteiger partial charge in [0.15, 0.2) is 0 Å². The SMILES string of the molecule is COC(C)CNC(C)c1nc2ccccc2n1C. The Labute approximate surface area is 108 Å². The molecule has 0 radical (unpaired) electrons. The van der Waals surface area contributed by atoms with E-state index in [1.165, 1.54) is 5.52 Å². The zero-order valence-electron chi connectivity index (χ0n) is 11.5. The molecule has 0 aliphatic rings. The Hall–Kier alpha value is -1.39. The molecule has 2 rings (SSSR count). The standard InChI is InChI=1S/C14H21N3O/c1-10(18-4)9-15-11(2)14-16-12-7-5-6-8-13(12)17(14)3/h5-8,10-11,15H,9H2,1-4H3. The predicted octanol–water partition coefficient (Wildman–Crippen LogP) is 2.26. The largest absolute Gasteiger partial charge is 0.380 e. The number of hydrogen-bond acceptors (Lipinski definition) is 3. The van der Waals surface area contributed by atoms with Crippen molar-refractivity contribution in [3.63, 3.8) is 0 Å². The highest BCUT2D eigenvalue weighted by Crippen LogP contribution is 2.18. The van der Waals surface area contributed by atoms with Gasteiger partial charge in [-0.25, -0.2) is 4.98 Å². The van der Waals surface area contributed by atoms with Gasteiger partial charge in [0.25, 0.3) is 0 Å². The summed E-state index contributed by atoms with van der Waals surface area (Å²) in [6.07, 6.45) is 0.210. The molecule has 1 heterocycles. The molecule has 18 heavy (non-hydrogen) atoms. The number of para-hydroxylation sites is 2. The molecule has 0 fully saturated rings. The summed E-state index contributed by atoms with van der Waals surface area (Å²) in [7, 11) is 3.79. The first-order valence-electron chi connectivity index (χ1n) is 6.31. The van der Waals surface area contributed by atoms with E-state index in [2.05, 4.69) is 41.8 Å². The lowest BCUT2D eigenvalue weighted by molar-refractivity contribution is 0.114.